The van der Waals surface area contributed by atoms with Crippen molar-refractivity contribution in [3.05, 3.63) is 17.7 Å². The third kappa shape index (κ3) is 4.32. The SMILES string of the molecule is C#CC[C@H](Cc1cc(OC)c(OC)c(OC)c1)C(=O)OCC. The Morgan fingerprint density at radius 1 is 1.18 bits per heavy atom. The van der Waals surface area contributed by atoms with Gasteiger partial charge in [0, 0.05) is 6.42 Å². The van der Waals surface area contributed by atoms with Gasteiger partial charge >= 0.3 is 5.97 Å². The van der Waals surface area contributed by atoms with E-state index < -0.39 is 5.92 Å². The lowest BCUT2D eigenvalue weighted by atomic mass is 9.96. The molecular weight excluding hydrogens is 284 g/mol. The van der Waals surface area contributed by atoms with Gasteiger partial charge in [0.25, 0.3) is 0 Å². The molecule has 0 fully saturated rings. The van der Waals surface area contributed by atoms with E-state index in [2.05, 4.69) is 5.92 Å². The van der Waals surface area contributed by atoms with Crippen LogP contribution in [0.5, 0.6) is 17.2 Å². The number of terminal acetylenes is 1. The van der Waals surface area contributed by atoms with E-state index in [4.69, 9.17) is 25.4 Å². The second-order valence-electron chi connectivity index (χ2n) is 4.59. The zero-order valence-electron chi connectivity index (χ0n) is 13.5. The summed E-state index contributed by atoms with van der Waals surface area (Å²) in [6.07, 6.45) is 6.11. The Morgan fingerprint density at radius 3 is 2.18 bits per heavy atom. The van der Waals surface area contributed by atoms with Crippen LogP contribution < -0.4 is 14.2 Å². The average molecular weight is 306 g/mol. The summed E-state index contributed by atoms with van der Waals surface area (Å²) in [6, 6.07) is 3.62. The molecule has 0 saturated carbocycles. The molecule has 0 aromatic heterocycles. The molecule has 0 spiro atoms. The second kappa shape index (κ2) is 8.83. The van der Waals surface area contributed by atoms with Crippen LogP contribution in [0.15, 0.2) is 12.1 Å². The van der Waals surface area contributed by atoms with Gasteiger partial charge in [0.15, 0.2) is 11.5 Å². The molecule has 120 valence electrons. The molecule has 0 N–H and O–H groups in total. The van der Waals surface area contributed by atoms with E-state index >= 15 is 0 Å². The minimum atomic E-state index is -0.396. The Hall–Kier alpha value is -2.35. The van der Waals surface area contributed by atoms with Crippen molar-refractivity contribution in [2.75, 3.05) is 27.9 Å². The van der Waals surface area contributed by atoms with E-state index in [1.807, 2.05) is 12.1 Å². The van der Waals surface area contributed by atoms with Crippen molar-refractivity contribution >= 4 is 5.97 Å². The van der Waals surface area contributed by atoms with E-state index in [1.54, 1.807) is 28.3 Å². The molecule has 1 aromatic carbocycles. The van der Waals surface area contributed by atoms with Gasteiger partial charge < -0.3 is 18.9 Å². The highest BCUT2D eigenvalue weighted by Crippen LogP contribution is 2.38. The molecule has 0 bridgehead atoms. The van der Waals surface area contributed by atoms with Crippen molar-refractivity contribution in [3.63, 3.8) is 0 Å². The number of carbonyl (C=O) groups is 1. The van der Waals surface area contributed by atoms with Gasteiger partial charge in [-0.2, -0.15) is 0 Å². The quantitative estimate of drug-likeness (QED) is 0.545. The largest absolute Gasteiger partial charge is 0.493 e. The maximum absolute atomic E-state index is 12.0. The molecule has 0 unspecified atom stereocenters. The van der Waals surface area contributed by atoms with E-state index in [9.17, 15) is 4.79 Å². The van der Waals surface area contributed by atoms with Gasteiger partial charge in [0.05, 0.1) is 33.9 Å². The first-order chi connectivity index (χ1) is 10.6. The first kappa shape index (κ1) is 17.7. The van der Waals surface area contributed by atoms with Crippen LogP contribution in [0, 0.1) is 18.3 Å². The van der Waals surface area contributed by atoms with E-state index in [0.717, 1.165) is 5.56 Å². The van der Waals surface area contributed by atoms with Gasteiger partial charge in [-0.3, -0.25) is 4.79 Å². The van der Waals surface area contributed by atoms with E-state index in [0.29, 0.717) is 36.7 Å². The number of benzene rings is 1. The molecule has 5 heteroatoms. The first-order valence-corrected chi connectivity index (χ1v) is 7.00. The van der Waals surface area contributed by atoms with Crippen molar-refractivity contribution in [1.82, 2.24) is 0 Å². The second-order valence-corrected chi connectivity index (χ2v) is 4.59. The summed E-state index contributed by atoms with van der Waals surface area (Å²) < 4.78 is 21.0. The van der Waals surface area contributed by atoms with E-state index in [-0.39, 0.29) is 5.97 Å². The monoisotopic (exact) mass is 306 g/mol. The molecule has 0 radical (unpaired) electrons. The number of rotatable bonds is 8. The van der Waals surface area contributed by atoms with Crippen LogP contribution in [0.2, 0.25) is 0 Å². The fourth-order valence-electron chi connectivity index (χ4n) is 2.18. The van der Waals surface area contributed by atoms with Crippen LogP contribution in [-0.4, -0.2) is 33.9 Å². The van der Waals surface area contributed by atoms with Gasteiger partial charge in [-0.05, 0) is 31.0 Å². The molecule has 0 amide bonds. The standard InChI is InChI=1S/C17H22O5/c1-6-8-13(17(18)22-7-2)9-12-10-14(19-3)16(21-5)15(11-12)20-4/h1,10-11,13H,7-9H2,2-5H3/t13-/m1/s1. The minimum absolute atomic E-state index is 0.297. The Balaban J connectivity index is 3.09. The van der Waals surface area contributed by atoms with Gasteiger partial charge in [-0.25, -0.2) is 0 Å². The number of hydrogen-bond acceptors (Lipinski definition) is 5. The van der Waals surface area contributed by atoms with Crippen LogP contribution in [0.3, 0.4) is 0 Å². The molecule has 0 aliphatic heterocycles. The molecule has 0 heterocycles. The average Bonchev–Trinajstić information content (AvgIpc) is 2.53. The third-order valence-corrected chi connectivity index (χ3v) is 3.19. The Bertz CT molecular complexity index is 519. The predicted molar refractivity (Wildman–Crippen MR) is 83.4 cm³/mol. The fourth-order valence-corrected chi connectivity index (χ4v) is 2.18. The number of methoxy groups -OCH3 is 3. The zero-order chi connectivity index (χ0) is 16.5. The summed E-state index contributed by atoms with van der Waals surface area (Å²) in [4.78, 5) is 12.0. The summed E-state index contributed by atoms with van der Waals surface area (Å²) >= 11 is 0. The van der Waals surface area contributed by atoms with Crippen molar-refractivity contribution in [3.8, 4) is 29.6 Å². The molecule has 0 saturated heterocycles. The maximum Gasteiger partial charge on any atom is 0.310 e. The highest BCUT2D eigenvalue weighted by molar-refractivity contribution is 5.73. The summed E-state index contributed by atoms with van der Waals surface area (Å²) in [5.74, 6) is 3.42. The molecule has 5 nitrogen and oxygen atoms in total. The van der Waals surface area contributed by atoms with Crippen LogP contribution in [0.4, 0.5) is 0 Å². The molecule has 0 aliphatic rings. The van der Waals surface area contributed by atoms with Crippen LogP contribution in [-0.2, 0) is 16.0 Å². The van der Waals surface area contributed by atoms with Crippen LogP contribution in [0.25, 0.3) is 0 Å². The third-order valence-electron chi connectivity index (χ3n) is 3.19. The lowest BCUT2D eigenvalue weighted by molar-refractivity contribution is -0.147. The maximum atomic E-state index is 12.0. The van der Waals surface area contributed by atoms with Crippen molar-refractivity contribution in [2.24, 2.45) is 5.92 Å². The Morgan fingerprint density at radius 2 is 1.77 bits per heavy atom. The number of esters is 1. The molecule has 0 aliphatic carbocycles. The van der Waals surface area contributed by atoms with Gasteiger partial charge in [0.2, 0.25) is 5.75 Å². The molecule has 1 atom stereocenters. The Labute approximate surface area is 131 Å². The summed E-state index contributed by atoms with van der Waals surface area (Å²) in [7, 11) is 4.64. The lowest BCUT2D eigenvalue weighted by Crippen LogP contribution is -2.19. The van der Waals surface area contributed by atoms with Crippen molar-refractivity contribution in [1.29, 1.82) is 0 Å². The topological polar surface area (TPSA) is 54.0 Å². The fraction of sp³-hybridized carbons (Fsp3) is 0.471. The van der Waals surface area contributed by atoms with Crippen LogP contribution >= 0.6 is 0 Å². The molecule has 1 aromatic rings. The number of hydrogen-bond donors (Lipinski definition) is 0. The highest BCUT2D eigenvalue weighted by atomic mass is 16.5. The minimum Gasteiger partial charge on any atom is -0.493 e. The van der Waals surface area contributed by atoms with Crippen LogP contribution in [0.1, 0.15) is 18.9 Å². The van der Waals surface area contributed by atoms with Gasteiger partial charge in [-0.1, -0.05) is 0 Å². The van der Waals surface area contributed by atoms with Gasteiger partial charge in [-0.15, -0.1) is 12.3 Å². The van der Waals surface area contributed by atoms with Crippen molar-refractivity contribution < 1.29 is 23.7 Å². The lowest BCUT2D eigenvalue weighted by Gasteiger charge is -2.17. The summed E-state index contributed by atoms with van der Waals surface area (Å²) in [5.41, 5.74) is 0.864. The smallest absolute Gasteiger partial charge is 0.310 e. The highest BCUT2D eigenvalue weighted by Gasteiger charge is 2.21. The molecule has 22 heavy (non-hydrogen) atoms. The first-order valence-electron chi connectivity index (χ1n) is 7.00. The number of ether oxygens (including phenoxy) is 4. The zero-order valence-corrected chi connectivity index (χ0v) is 13.5. The predicted octanol–water partition coefficient (Wildman–Crippen LogP) is 2.46. The molecule has 1 rings (SSSR count). The normalized spacial score (nSPS) is 11.2. The van der Waals surface area contributed by atoms with Crippen molar-refractivity contribution in [2.45, 2.75) is 19.8 Å². The summed E-state index contributed by atoms with van der Waals surface area (Å²) in [6.45, 7) is 2.10. The molecular formula is C17H22O5. The summed E-state index contributed by atoms with van der Waals surface area (Å²) in [5, 5.41) is 0. The number of carbonyl (C=O) groups excluding carboxylic acids is 1. The van der Waals surface area contributed by atoms with Gasteiger partial charge in [0.1, 0.15) is 0 Å². The van der Waals surface area contributed by atoms with E-state index in [1.165, 1.54) is 0 Å². The Kier molecular flexibility index (Phi) is 7.11.